The standard InChI is InChI=1S/C22H23N3O/c1-2-8-20(26)24-21-17-11-6-7-12-19(17)23-22-18(21)13-14-25(22)15-16-9-4-3-5-10-16/h3-7,9-12H,2,8,13-15H2,1H3,(H,23,24,26). The molecule has 0 aliphatic carbocycles. The van der Waals surface area contributed by atoms with Crippen molar-refractivity contribution in [3.63, 3.8) is 0 Å². The number of amides is 1. The van der Waals surface area contributed by atoms with Crippen molar-refractivity contribution in [2.45, 2.75) is 32.7 Å². The van der Waals surface area contributed by atoms with Crippen molar-refractivity contribution < 1.29 is 4.79 Å². The Kier molecular flexibility index (Phi) is 4.57. The molecule has 132 valence electrons. The van der Waals surface area contributed by atoms with Crippen molar-refractivity contribution in [3.05, 3.63) is 65.7 Å². The molecule has 0 radical (unpaired) electrons. The number of carbonyl (C=O) groups is 1. The van der Waals surface area contributed by atoms with Gasteiger partial charge in [-0.2, -0.15) is 0 Å². The first kappa shape index (κ1) is 16.6. The summed E-state index contributed by atoms with van der Waals surface area (Å²) in [5.41, 5.74) is 4.30. The Hall–Kier alpha value is -2.88. The summed E-state index contributed by atoms with van der Waals surface area (Å²) in [5, 5.41) is 4.19. The molecule has 0 saturated carbocycles. The highest BCUT2D eigenvalue weighted by molar-refractivity contribution is 6.04. The largest absolute Gasteiger partial charge is 0.352 e. The van der Waals surface area contributed by atoms with Gasteiger partial charge < -0.3 is 10.2 Å². The fraction of sp³-hybridized carbons (Fsp3) is 0.273. The number of aromatic nitrogens is 1. The van der Waals surface area contributed by atoms with Gasteiger partial charge in [-0.25, -0.2) is 4.98 Å². The molecule has 1 aliphatic heterocycles. The summed E-state index contributed by atoms with van der Waals surface area (Å²) in [5.74, 6) is 1.08. The normalized spacial score (nSPS) is 13.0. The maximum Gasteiger partial charge on any atom is 0.224 e. The van der Waals surface area contributed by atoms with Gasteiger partial charge in [0.25, 0.3) is 0 Å². The number of hydrogen-bond acceptors (Lipinski definition) is 3. The Morgan fingerprint density at radius 1 is 1.12 bits per heavy atom. The van der Waals surface area contributed by atoms with Crippen LogP contribution in [0.4, 0.5) is 11.5 Å². The van der Waals surface area contributed by atoms with Crippen LogP contribution in [0.5, 0.6) is 0 Å². The van der Waals surface area contributed by atoms with E-state index in [1.165, 1.54) is 5.56 Å². The van der Waals surface area contributed by atoms with Crippen molar-refractivity contribution in [1.82, 2.24) is 4.98 Å². The third kappa shape index (κ3) is 3.15. The number of hydrogen-bond donors (Lipinski definition) is 1. The van der Waals surface area contributed by atoms with E-state index in [0.717, 1.165) is 53.9 Å². The number of nitrogens with one attached hydrogen (secondary N) is 1. The lowest BCUT2D eigenvalue weighted by Crippen LogP contribution is -2.20. The monoisotopic (exact) mass is 345 g/mol. The highest BCUT2D eigenvalue weighted by Gasteiger charge is 2.26. The Balaban J connectivity index is 1.75. The minimum atomic E-state index is 0.0764. The van der Waals surface area contributed by atoms with Gasteiger partial charge in [0, 0.05) is 30.5 Å². The first-order valence-electron chi connectivity index (χ1n) is 9.26. The van der Waals surface area contributed by atoms with Gasteiger partial charge in [0.15, 0.2) is 0 Å². The molecule has 0 spiro atoms. The second-order valence-corrected chi connectivity index (χ2v) is 6.76. The number of carbonyl (C=O) groups excluding carboxylic acids is 1. The number of rotatable bonds is 5. The van der Waals surface area contributed by atoms with Crippen LogP contribution in [-0.4, -0.2) is 17.4 Å². The van der Waals surface area contributed by atoms with Gasteiger partial charge in [0.1, 0.15) is 5.82 Å². The summed E-state index contributed by atoms with van der Waals surface area (Å²) in [6.45, 7) is 3.78. The highest BCUT2D eigenvalue weighted by Crippen LogP contribution is 2.38. The summed E-state index contributed by atoms with van der Waals surface area (Å²) in [4.78, 5) is 19.5. The van der Waals surface area contributed by atoms with Crippen LogP contribution in [0, 0.1) is 0 Å². The SMILES string of the molecule is CCCC(=O)Nc1c2c(nc3ccccc13)N(Cc1ccccc1)CC2. The molecule has 0 bridgehead atoms. The van der Waals surface area contributed by atoms with Crippen molar-refractivity contribution in [2.24, 2.45) is 0 Å². The molecule has 3 aromatic rings. The van der Waals surface area contributed by atoms with Crippen LogP contribution < -0.4 is 10.2 Å². The number of anilines is 2. The summed E-state index contributed by atoms with van der Waals surface area (Å²) in [6, 6.07) is 18.5. The molecule has 0 unspecified atom stereocenters. The molecule has 4 rings (SSSR count). The van der Waals surface area contributed by atoms with E-state index in [-0.39, 0.29) is 5.91 Å². The van der Waals surface area contributed by atoms with E-state index in [2.05, 4.69) is 34.5 Å². The summed E-state index contributed by atoms with van der Waals surface area (Å²) >= 11 is 0. The van der Waals surface area contributed by atoms with Crippen LogP contribution in [-0.2, 0) is 17.8 Å². The average Bonchev–Trinajstić information content (AvgIpc) is 3.05. The molecule has 1 aliphatic rings. The number of fused-ring (bicyclic) bond motifs is 2. The zero-order chi connectivity index (χ0) is 17.9. The van der Waals surface area contributed by atoms with Crippen molar-refractivity contribution in [2.75, 3.05) is 16.8 Å². The van der Waals surface area contributed by atoms with Crippen LogP contribution in [0.1, 0.15) is 30.9 Å². The van der Waals surface area contributed by atoms with Gasteiger partial charge in [-0.3, -0.25) is 4.79 Å². The predicted octanol–water partition coefficient (Wildman–Crippen LogP) is 4.54. The van der Waals surface area contributed by atoms with Crippen LogP contribution in [0.15, 0.2) is 54.6 Å². The second-order valence-electron chi connectivity index (χ2n) is 6.76. The predicted molar refractivity (Wildman–Crippen MR) is 106 cm³/mol. The molecule has 2 aromatic carbocycles. The molecule has 0 fully saturated rings. The lowest BCUT2D eigenvalue weighted by Gasteiger charge is -2.20. The summed E-state index contributed by atoms with van der Waals surface area (Å²) in [7, 11) is 0. The maximum atomic E-state index is 12.3. The molecule has 0 atom stereocenters. The van der Waals surface area contributed by atoms with Gasteiger partial charge in [0.2, 0.25) is 5.91 Å². The Morgan fingerprint density at radius 2 is 1.88 bits per heavy atom. The molecule has 1 aromatic heterocycles. The van der Waals surface area contributed by atoms with Gasteiger partial charge >= 0.3 is 0 Å². The third-order valence-corrected chi connectivity index (χ3v) is 4.86. The van der Waals surface area contributed by atoms with E-state index in [0.29, 0.717) is 6.42 Å². The molecule has 1 N–H and O–H groups in total. The summed E-state index contributed by atoms with van der Waals surface area (Å²) < 4.78 is 0. The van der Waals surface area contributed by atoms with E-state index in [1.807, 2.05) is 37.3 Å². The fourth-order valence-corrected chi connectivity index (χ4v) is 3.62. The molecular weight excluding hydrogens is 322 g/mol. The first-order valence-corrected chi connectivity index (χ1v) is 9.26. The Bertz CT molecular complexity index is 937. The number of para-hydroxylation sites is 1. The average molecular weight is 345 g/mol. The van der Waals surface area contributed by atoms with E-state index >= 15 is 0 Å². The summed E-state index contributed by atoms with van der Waals surface area (Å²) in [6.07, 6.45) is 2.29. The van der Waals surface area contributed by atoms with Gasteiger partial charge in [-0.05, 0) is 24.5 Å². The van der Waals surface area contributed by atoms with E-state index in [4.69, 9.17) is 4.98 Å². The molecule has 1 amide bonds. The minimum absolute atomic E-state index is 0.0764. The quantitative estimate of drug-likeness (QED) is 0.738. The topological polar surface area (TPSA) is 45.2 Å². The van der Waals surface area contributed by atoms with Crippen LogP contribution >= 0.6 is 0 Å². The third-order valence-electron chi connectivity index (χ3n) is 4.86. The maximum absolute atomic E-state index is 12.3. The highest BCUT2D eigenvalue weighted by atomic mass is 16.1. The van der Waals surface area contributed by atoms with Crippen LogP contribution in [0.3, 0.4) is 0 Å². The van der Waals surface area contributed by atoms with E-state index in [9.17, 15) is 4.79 Å². The molecular formula is C22H23N3O. The molecule has 0 saturated heterocycles. The van der Waals surface area contributed by atoms with Crippen molar-refractivity contribution in [3.8, 4) is 0 Å². The second kappa shape index (κ2) is 7.16. The molecule has 4 heteroatoms. The number of pyridine rings is 1. The Labute approximate surface area is 153 Å². The van der Waals surface area contributed by atoms with E-state index < -0.39 is 0 Å². The molecule has 26 heavy (non-hydrogen) atoms. The zero-order valence-electron chi connectivity index (χ0n) is 15.0. The van der Waals surface area contributed by atoms with Crippen LogP contribution in [0.2, 0.25) is 0 Å². The van der Waals surface area contributed by atoms with Crippen molar-refractivity contribution >= 4 is 28.3 Å². The zero-order valence-corrected chi connectivity index (χ0v) is 15.0. The van der Waals surface area contributed by atoms with Gasteiger partial charge in [0.05, 0.1) is 11.2 Å². The first-order chi connectivity index (χ1) is 12.8. The Morgan fingerprint density at radius 3 is 2.69 bits per heavy atom. The number of benzene rings is 2. The van der Waals surface area contributed by atoms with Crippen molar-refractivity contribution in [1.29, 1.82) is 0 Å². The smallest absolute Gasteiger partial charge is 0.224 e. The molecule has 4 nitrogen and oxygen atoms in total. The lowest BCUT2D eigenvalue weighted by molar-refractivity contribution is -0.116. The minimum Gasteiger partial charge on any atom is -0.352 e. The van der Waals surface area contributed by atoms with Gasteiger partial charge in [-0.15, -0.1) is 0 Å². The lowest BCUT2D eigenvalue weighted by atomic mass is 10.1. The molecule has 2 heterocycles. The van der Waals surface area contributed by atoms with Crippen LogP contribution in [0.25, 0.3) is 10.9 Å². The van der Waals surface area contributed by atoms with Gasteiger partial charge in [-0.1, -0.05) is 55.5 Å². The number of nitrogens with zero attached hydrogens (tertiary/aromatic N) is 2. The fourth-order valence-electron chi connectivity index (χ4n) is 3.62. The van der Waals surface area contributed by atoms with E-state index in [1.54, 1.807) is 0 Å².